The highest BCUT2D eigenvalue weighted by molar-refractivity contribution is 6.31. The second-order valence-electron chi connectivity index (χ2n) is 6.40. The lowest BCUT2D eigenvalue weighted by Crippen LogP contribution is -2.30. The van der Waals surface area contributed by atoms with Crippen LogP contribution >= 0.6 is 11.6 Å². The summed E-state index contributed by atoms with van der Waals surface area (Å²) in [6.07, 6.45) is 7.13. The number of pyridine rings is 1. The monoisotopic (exact) mass is 299 g/mol. The molecule has 2 atom stereocenters. The number of nitrogen functional groups attached to an aromatic ring is 1. The lowest BCUT2D eigenvalue weighted by molar-refractivity contribution is -0.360. The minimum atomic E-state index is 0.579. The van der Waals surface area contributed by atoms with Crippen molar-refractivity contribution in [3.63, 3.8) is 0 Å². The molecule has 0 fully saturated rings. The van der Waals surface area contributed by atoms with E-state index in [2.05, 4.69) is 18.0 Å². The van der Waals surface area contributed by atoms with Gasteiger partial charge in [0, 0.05) is 23.1 Å². The Morgan fingerprint density at radius 1 is 1.33 bits per heavy atom. The van der Waals surface area contributed by atoms with Gasteiger partial charge in [0.25, 0.3) is 0 Å². The summed E-state index contributed by atoms with van der Waals surface area (Å²) in [5, 5.41) is 1.85. The van der Waals surface area contributed by atoms with Gasteiger partial charge in [0.05, 0.1) is 11.1 Å². The predicted molar refractivity (Wildman–Crippen MR) is 87.5 cm³/mol. The standard InChI is InChI=1S/C18H19ClN2/c1-2-10-5-11-7-12(6-10)17-16(8-11)21-15-9-13(19)3-4-14(15)18(17)20/h3-5,9,11-12H,2,6-8H2,1H3,(H2,20,21)/p+1/t11-,12+/m0/s1. The van der Waals surface area contributed by atoms with Crippen LogP contribution in [0.4, 0.5) is 5.69 Å². The van der Waals surface area contributed by atoms with Gasteiger partial charge in [-0.3, -0.25) is 0 Å². The number of nitrogens with two attached hydrogens (primary N) is 1. The zero-order chi connectivity index (χ0) is 14.6. The molecule has 4 rings (SSSR count). The third kappa shape index (κ3) is 2.04. The van der Waals surface area contributed by atoms with E-state index in [9.17, 15) is 0 Å². The molecular weight excluding hydrogens is 280 g/mol. The summed E-state index contributed by atoms with van der Waals surface area (Å²) < 4.78 is 0. The average molecular weight is 300 g/mol. The van der Waals surface area contributed by atoms with Gasteiger partial charge in [-0.2, -0.15) is 0 Å². The van der Waals surface area contributed by atoms with Crippen LogP contribution in [0.15, 0.2) is 29.8 Å². The van der Waals surface area contributed by atoms with E-state index in [1.54, 1.807) is 5.57 Å². The van der Waals surface area contributed by atoms with Crippen LogP contribution in [-0.2, 0) is 6.42 Å². The summed E-state index contributed by atoms with van der Waals surface area (Å²) in [7, 11) is 0. The van der Waals surface area contributed by atoms with E-state index < -0.39 is 0 Å². The van der Waals surface area contributed by atoms with Gasteiger partial charge in [0.1, 0.15) is 0 Å². The van der Waals surface area contributed by atoms with Crippen LogP contribution in [-0.4, -0.2) is 0 Å². The number of hydrogen-bond acceptors (Lipinski definition) is 1. The van der Waals surface area contributed by atoms with Gasteiger partial charge in [-0.25, -0.2) is 4.98 Å². The minimum Gasteiger partial charge on any atom is -0.398 e. The van der Waals surface area contributed by atoms with Gasteiger partial charge in [-0.05, 0) is 43.2 Å². The zero-order valence-electron chi connectivity index (χ0n) is 12.2. The maximum atomic E-state index is 6.53. The molecule has 21 heavy (non-hydrogen) atoms. The first-order chi connectivity index (χ1) is 10.2. The molecular formula is C18H20ClN2+. The van der Waals surface area contributed by atoms with Crippen molar-refractivity contribution in [3.05, 3.63) is 46.1 Å². The molecule has 2 bridgehead atoms. The highest BCUT2D eigenvalue weighted by Crippen LogP contribution is 2.46. The molecule has 0 unspecified atom stereocenters. The number of fused-ring (bicyclic) bond motifs is 5. The second-order valence-corrected chi connectivity index (χ2v) is 6.84. The van der Waals surface area contributed by atoms with Crippen LogP contribution in [0.3, 0.4) is 0 Å². The molecule has 1 aromatic carbocycles. The first-order valence-electron chi connectivity index (χ1n) is 7.78. The highest BCUT2D eigenvalue weighted by Gasteiger charge is 2.36. The third-order valence-electron chi connectivity index (χ3n) is 5.07. The molecule has 0 spiro atoms. The summed E-state index contributed by atoms with van der Waals surface area (Å²) in [6.45, 7) is 2.26. The third-order valence-corrected chi connectivity index (χ3v) is 5.30. The predicted octanol–water partition coefficient (Wildman–Crippen LogP) is 4.28. The number of aromatic nitrogens is 1. The fourth-order valence-corrected chi connectivity index (χ4v) is 4.31. The van der Waals surface area contributed by atoms with E-state index >= 15 is 0 Å². The van der Waals surface area contributed by atoms with Crippen molar-refractivity contribution in [2.45, 2.75) is 38.5 Å². The fourth-order valence-electron chi connectivity index (χ4n) is 4.14. The SMILES string of the molecule is CCC1=C[C@@H]2Cc3[nH+]c4cc(Cl)ccc4c(N)c3[C@H](C1)C2. The van der Waals surface area contributed by atoms with Crippen molar-refractivity contribution in [1.29, 1.82) is 0 Å². The molecule has 0 radical (unpaired) electrons. The van der Waals surface area contributed by atoms with Gasteiger partial charge < -0.3 is 5.73 Å². The number of hydrogen-bond donors (Lipinski definition) is 1. The topological polar surface area (TPSA) is 40.2 Å². The summed E-state index contributed by atoms with van der Waals surface area (Å²) in [5.41, 5.74) is 12.8. The molecule has 0 saturated carbocycles. The van der Waals surface area contributed by atoms with Gasteiger partial charge in [-0.15, -0.1) is 0 Å². The van der Waals surface area contributed by atoms with Crippen molar-refractivity contribution in [1.82, 2.24) is 0 Å². The molecule has 0 saturated heterocycles. The lowest BCUT2D eigenvalue weighted by Gasteiger charge is -2.33. The summed E-state index contributed by atoms with van der Waals surface area (Å²) in [4.78, 5) is 3.60. The molecule has 2 aromatic rings. The van der Waals surface area contributed by atoms with Crippen molar-refractivity contribution in [2.24, 2.45) is 5.92 Å². The van der Waals surface area contributed by atoms with Crippen molar-refractivity contribution in [2.75, 3.05) is 5.73 Å². The number of H-pyrrole nitrogens is 1. The van der Waals surface area contributed by atoms with Gasteiger partial charge in [0.2, 0.25) is 5.52 Å². The first-order valence-corrected chi connectivity index (χ1v) is 8.16. The van der Waals surface area contributed by atoms with Crippen molar-refractivity contribution >= 4 is 28.2 Å². The Labute approximate surface area is 130 Å². The lowest BCUT2D eigenvalue weighted by atomic mass is 9.70. The number of nitrogens with one attached hydrogen (secondary N) is 1. The Kier molecular flexibility index (Phi) is 2.97. The summed E-state index contributed by atoms with van der Waals surface area (Å²) >= 11 is 6.12. The van der Waals surface area contributed by atoms with E-state index in [-0.39, 0.29) is 0 Å². The van der Waals surface area contributed by atoms with E-state index in [1.165, 1.54) is 17.7 Å². The normalized spacial score (nSPS) is 23.8. The smallest absolute Gasteiger partial charge is 0.214 e. The van der Waals surface area contributed by atoms with E-state index in [4.69, 9.17) is 17.3 Å². The molecule has 3 heteroatoms. The van der Waals surface area contributed by atoms with Crippen molar-refractivity contribution < 1.29 is 4.98 Å². The Hall–Kier alpha value is -1.54. The largest absolute Gasteiger partial charge is 0.398 e. The van der Waals surface area contributed by atoms with Crippen LogP contribution < -0.4 is 10.7 Å². The first kappa shape index (κ1) is 13.1. The van der Waals surface area contributed by atoms with Gasteiger partial charge in [0.15, 0.2) is 5.69 Å². The molecule has 0 amide bonds. The zero-order valence-corrected chi connectivity index (χ0v) is 13.0. The number of allylic oxidation sites excluding steroid dienone is 2. The number of rotatable bonds is 1. The Bertz CT molecular complexity index is 763. The van der Waals surface area contributed by atoms with Gasteiger partial charge in [-0.1, -0.05) is 30.2 Å². The molecule has 1 aromatic heterocycles. The van der Waals surface area contributed by atoms with E-state index in [1.807, 2.05) is 18.2 Å². The Morgan fingerprint density at radius 2 is 2.19 bits per heavy atom. The maximum Gasteiger partial charge on any atom is 0.214 e. The van der Waals surface area contributed by atoms with E-state index in [0.29, 0.717) is 11.8 Å². The van der Waals surface area contributed by atoms with Crippen LogP contribution in [0.2, 0.25) is 5.02 Å². The highest BCUT2D eigenvalue weighted by atomic mass is 35.5. The quantitative estimate of drug-likeness (QED) is 0.785. The van der Waals surface area contributed by atoms with Crippen LogP contribution in [0.1, 0.15) is 43.4 Å². The Morgan fingerprint density at radius 3 is 3.00 bits per heavy atom. The van der Waals surface area contributed by atoms with Crippen LogP contribution in [0, 0.1) is 5.92 Å². The maximum absolute atomic E-state index is 6.53. The second kappa shape index (κ2) is 4.74. The molecule has 3 N–H and O–H groups in total. The van der Waals surface area contributed by atoms with E-state index in [0.717, 1.165) is 40.9 Å². The molecule has 2 aliphatic carbocycles. The van der Waals surface area contributed by atoms with Crippen LogP contribution in [0.5, 0.6) is 0 Å². The number of anilines is 1. The fraction of sp³-hybridized carbons (Fsp3) is 0.389. The average Bonchev–Trinajstić information content (AvgIpc) is 2.46. The summed E-state index contributed by atoms with van der Waals surface area (Å²) in [5.74, 6) is 1.24. The van der Waals surface area contributed by atoms with Gasteiger partial charge >= 0.3 is 0 Å². The number of benzene rings is 1. The van der Waals surface area contributed by atoms with Crippen LogP contribution in [0.25, 0.3) is 10.9 Å². The molecule has 0 aliphatic heterocycles. The molecule has 1 heterocycles. The molecule has 2 nitrogen and oxygen atoms in total. The number of halogens is 1. The summed E-state index contributed by atoms with van der Waals surface area (Å²) in [6, 6.07) is 5.94. The van der Waals surface area contributed by atoms with Crippen molar-refractivity contribution in [3.8, 4) is 0 Å². The molecule has 108 valence electrons. The molecule has 2 aliphatic rings. The minimum absolute atomic E-state index is 0.579. The number of aromatic amines is 1. The Balaban J connectivity index is 1.92.